The van der Waals surface area contributed by atoms with Crippen LogP contribution in [0.4, 0.5) is 18.9 Å². The van der Waals surface area contributed by atoms with Crippen LogP contribution in [-0.4, -0.2) is 29.4 Å². The largest absolute Gasteiger partial charge is 0.416 e. The number of carbonyl (C=O) groups is 3. The van der Waals surface area contributed by atoms with Crippen molar-refractivity contribution in [2.45, 2.75) is 31.1 Å². The summed E-state index contributed by atoms with van der Waals surface area (Å²) in [4.78, 5) is 43.6. The van der Waals surface area contributed by atoms with Gasteiger partial charge < -0.3 is 4.90 Å². The molecule has 4 nitrogen and oxygen atoms in total. The zero-order valence-electron chi connectivity index (χ0n) is 19.4. The van der Waals surface area contributed by atoms with E-state index in [-0.39, 0.29) is 16.9 Å². The minimum absolute atomic E-state index is 0.254. The van der Waals surface area contributed by atoms with E-state index in [1.54, 1.807) is 59.5 Å². The van der Waals surface area contributed by atoms with E-state index < -0.39 is 46.7 Å². The lowest BCUT2D eigenvalue weighted by molar-refractivity contribution is -0.137. The standard InChI is InChI=1S/C29H19ClF3NO3/c1-15(35)25-24(16-6-9-18(10-7-16)29(31,32)33)28(26(36)20-4-2-3-5-21(20)27(28)37)23-13-8-17-14-19(30)11-12-22(17)34(23)25/h2-14,23-25H,1H3/t23-,24+,25+/m1/s1. The van der Waals surface area contributed by atoms with Crippen LogP contribution in [0.15, 0.2) is 72.8 Å². The van der Waals surface area contributed by atoms with Gasteiger partial charge in [-0.05, 0) is 48.4 Å². The van der Waals surface area contributed by atoms with E-state index in [9.17, 15) is 27.6 Å². The number of benzene rings is 3. The quantitative estimate of drug-likeness (QED) is 0.367. The van der Waals surface area contributed by atoms with Crippen LogP contribution in [0.3, 0.4) is 0 Å². The molecule has 3 atom stereocenters. The number of nitrogens with zero attached hydrogens (tertiary/aromatic N) is 1. The first-order valence-electron chi connectivity index (χ1n) is 11.7. The van der Waals surface area contributed by atoms with Crippen LogP contribution in [0.5, 0.6) is 0 Å². The van der Waals surface area contributed by atoms with Gasteiger partial charge in [-0.1, -0.05) is 60.2 Å². The number of fused-ring (bicyclic) bond motifs is 5. The predicted molar refractivity (Wildman–Crippen MR) is 133 cm³/mol. The maximum Gasteiger partial charge on any atom is 0.416 e. The maximum absolute atomic E-state index is 14.2. The molecule has 0 unspecified atom stereocenters. The van der Waals surface area contributed by atoms with Crippen LogP contribution >= 0.6 is 11.6 Å². The highest BCUT2D eigenvalue weighted by atomic mass is 35.5. The fraction of sp³-hybridized carbons (Fsp3) is 0.207. The molecule has 0 bridgehead atoms. The topological polar surface area (TPSA) is 54.5 Å². The molecule has 1 saturated heterocycles. The van der Waals surface area contributed by atoms with E-state index >= 15 is 0 Å². The molecular weight excluding hydrogens is 503 g/mol. The smallest absolute Gasteiger partial charge is 0.352 e. The normalized spacial score (nSPS) is 23.3. The van der Waals surface area contributed by atoms with Gasteiger partial charge in [-0.2, -0.15) is 13.2 Å². The van der Waals surface area contributed by atoms with Crippen molar-refractivity contribution in [3.8, 4) is 0 Å². The van der Waals surface area contributed by atoms with Gasteiger partial charge in [0.25, 0.3) is 0 Å². The molecule has 0 N–H and O–H groups in total. The molecule has 37 heavy (non-hydrogen) atoms. The summed E-state index contributed by atoms with van der Waals surface area (Å²) in [6.07, 6.45) is -1.04. The van der Waals surface area contributed by atoms with Crippen molar-refractivity contribution < 1.29 is 27.6 Å². The van der Waals surface area contributed by atoms with Gasteiger partial charge in [0.2, 0.25) is 0 Å². The molecule has 1 aliphatic carbocycles. The summed E-state index contributed by atoms with van der Waals surface area (Å²) in [6, 6.07) is 14.2. The summed E-state index contributed by atoms with van der Waals surface area (Å²) >= 11 is 6.20. The molecule has 0 amide bonds. The van der Waals surface area contributed by atoms with E-state index in [2.05, 4.69) is 0 Å². The predicted octanol–water partition coefficient (Wildman–Crippen LogP) is 6.38. The third-order valence-electron chi connectivity index (χ3n) is 7.78. The van der Waals surface area contributed by atoms with Gasteiger partial charge >= 0.3 is 6.18 Å². The highest BCUT2D eigenvalue weighted by molar-refractivity contribution is 6.32. The van der Waals surface area contributed by atoms with E-state index in [1.807, 2.05) is 0 Å². The second-order valence-corrected chi connectivity index (χ2v) is 10.1. The lowest BCUT2D eigenvalue weighted by Crippen LogP contribution is -2.48. The summed E-state index contributed by atoms with van der Waals surface area (Å²) in [5.74, 6) is -2.19. The van der Waals surface area contributed by atoms with E-state index in [1.165, 1.54) is 19.1 Å². The number of halogens is 4. The van der Waals surface area contributed by atoms with Crippen LogP contribution in [0.1, 0.15) is 50.2 Å². The Balaban J connectivity index is 1.64. The average Bonchev–Trinajstić information content (AvgIpc) is 3.30. The Hall–Kier alpha value is -3.71. The second-order valence-electron chi connectivity index (χ2n) is 9.64. The molecule has 8 heteroatoms. The van der Waals surface area contributed by atoms with Crippen molar-refractivity contribution in [1.29, 1.82) is 0 Å². The number of alkyl halides is 3. The number of Topliss-reactive ketones (excluding diaryl/α,β-unsaturated/α-hetero) is 3. The van der Waals surface area contributed by atoms with Crippen LogP contribution < -0.4 is 4.90 Å². The van der Waals surface area contributed by atoms with E-state index in [0.717, 1.165) is 12.1 Å². The van der Waals surface area contributed by atoms with Crippen molar-refractivity contribution in [3.05, 3.63) is 106 Å². The Kier molecular flexibility index (Phi) is 5.05. The fourth-order valence-corrected chi connectivity index (χ4v) is 6.53. The molecule has 1 spiro atoms. The highest BCUT2D eigenvalue weighted by Gasteiger charge is 2.71. The zero-order chi connectivity index (χ0) is 26.3. The van der Waals surface area contributed by atoms with Gasteiger partial charge in [0, 0.05) is 27.8 Å². The van der Waals surface area contributed by atoms with Gasteiger partial charge in [-0.25, -0.2) is 0 Å². The molecule has 3 aromatic rings. The second kappa shape index (κ2) is 7.89. The third kappa shape index (κ3) is 3.13. The van der Waals surface area contributed by atoms with Gasteiger partial charge in [0.05, 0.1) is 17.6 Å². The molecule has 3 aliphatic rings. The molecular formula is C29H19ClF3NO3. The Labute approximate surface area is 215 Å². The van der Waals surface area contributed by atoms with Crippen molar-refractivity contribution in [2.75, 3.05) is 4.90 Å². The number of hydrogen-bond donors (Lipinski definition) is 0. The van der Waals surface area contributed by atoms with Crippen molar-refractivity contribution in [3.63, 3.8) is 0 Å². The molecule has 0 saturated carbocycles. The first-order valence-corrected chi connectivity index (χ1v) is 12.1. The molecule has 2 heterocycles. The summed E-state index contributed by atoms with van der Waals surface area (Å²) in [7, 11) is 0. The Morgan fingerprint density at radius 2 is 1.57 bits per heavy atom. The maximum atomic E-state index is 14.2. The minimum atomic E-state index is -4.56. The monoisotopic (exact) mass is 521 g/mol. The van der Waals surface area contributed by atoms with Crippen molar-refractivity contribution >= 4 is 40.7 Å². The first kappa shape index (κ1) is 23.7. The number of rotatable bonds is 2. The molecule has 2 aliphatic heterocycles. The number of ketones is 3. The van der Waals surface area contributed by atoms with Gasteiger partial charge in [0.15, 0.2) is 17.3 Å². The lowest BCUT2D eigenvalue weighted by Gasteiger charge is -2.37. The number of hydrogen-bond acceptors (Lipinski definition) is 4. The highest BCUT2D eigenvalue weighted by Crippen LogP contribution is 2.60. The minimum Gasteiger partial charge on any atom is -0.352 e. The number of carbonyl (C=O) groups excluding carboxylic acids is 3. The van der Waals surface area contributed by atoms with Crippen molar-refractivity contribution in [2.24, 2.45) is 5.41 Å². The van der Waals surface area contributed by atoms with Crippen LogP contribution in [-0.2, 0) is 11.0 Å². The third-order valence-corrected chi connectivity index (χ3v) is 8.01. The summed E-state index contributed by atoms with van der Waals surface area (Å²) in [5, 5.41) is 0.481. The van der Waals surface area contributed by atoms with E-state index in [0.29, 0.717) is 21.8 Å². The average molecular weight is 522 g/mol. The Morgan fingerprint density at radius 3 is 2.14 bits per heavy atom. The first-order chi connectivity index (χ1) is 17.6. The van der Waals surface area contributed by atoms with Crippen molar-refractivity contribution in [1.82, 2.24) is 0 Å². The molecule has 6 rings (SSSR count). The summed E-state index contributed by atoms with van der Waals surface area (Å²) < 4.78 is 40.0. The van der Waals surface area contributed by atoms with Crippen LogP contribution in [0.25, 0.3) is 6.08 Å². The number of anilines is 1. The van der Waals surface area contributed by atoms with Gasteiger partial charge in [0.1, 0.15) is 5.41 Å². The van der Waals surface area contributed by atoms with Gasteiger partial charge in [-0.15, -0.1) is 0 Å². The SMILES string of the molecule is CC(=O)[C@H]1[C@H](c2ccc(C(F)(F)F)cc2)C2(C(=O)c3ccccc3C2=O)[C@H]2C=Cc3cc(Cl)ccc3N12. The summed E-state index contributed by atoms with van der Waals surface area (Å²) in [5.41, 5.74) is -0.411. The summed E-state index contributed by atoms with van der Waals surface area (Å²) in [6.45, 7) is 1.38. The van der Waals surface area contributed by atoms with Crippen LogP contribution in [0, 0.1) is 5.41 Å². The van der Waals surface area contributed by atoms with E-state index in [4.69, 9.17) is 11.6 Å². The Bertz CT molecular complexity index is 1490. The van der Waals surface area contributed by atoms with Crippen LogP contribution in [0.2, 0.25) is 5.02 Å². The van der Waals surface area contributed by atoms with Gasteiger partial charge in [-0.3, -0.25) is 14.4 Å². The Morgan fingerprint density at radius 1 is 0.946 bits per heavy atom. The molecule has 0 radical (unpaired) electrons. The fourth-order valence-electron chi connectivity index (χ4n) is 6.35. The molecule has 0 aromatic heterocycles. The molecule has 186 valence electrons. The molecule has 1 fully saturated rings. The molecule has 3 aromatic carbocycles. The lowest BCUT2D eigenvalue weighted by atomic mass is 9.64. The zero-order valence-corrected chi connectivity index (χ0v) is 20.2.